The van der Waals surface area contributed by atoms with Crippen molar-refractivity contribution in [1.29, 1.82) is 0 Å². The summed E-state index contributed by atoms with van der Waals surface area (Å²) in [6, 6.07) is 0. The number of hydrogen-bond donors (Lipinski definition) is 2. The van der Waals surface area contributed by atoms with Crippen LogP contribution in [0.4, 0.5) is 0 Å². The molecule has 2 bridgehead atoms. The molecule has 0 aromatic rings. The van der Waals surface area contributed by atoms with Crippen LogP contribution >= 0.6 is 0 Å². The van der Waals surface area contributed by atoms with Crippen molar-refractivity contribution in [3.63, 3.8) is 0 Å². The molecule has 0 spiro atoms. The van der Waals surface area contributed by atoms with E-state index in [1.54, 1.807) is 0 Å². The van der Waals surface area contributed by atoms with Crippen molar-refractivity contribution in [2.24, 2.45) is 22.5 Å². The molecule has 13 heavy (non-hydrogen) atoms. The lowest BCUT2D eigenvalue weighted by molar-refractivity contribution is -0.134. The first-order valence-corrected chi connectivity index (χ1v) is 5.30. The summed E-state index contributed by atoms with van der Waals surface area (Å²) in [7, 11) is 0. The van der Waals surface area contributed by atoms with Crippen LogP contribution in [0, 0.1) is 16.7 Å². The molecule has 0 saturated heterocycles. The maximum atomic E-state index is 10.7. The van der Waals surface area contributed by atoms with Crippen LogP contribution in [-0.2, 0) is 0 Å². The summed E-state index contributed by atoms with van der Waals surface area (Å²) >= 11 is 0. The molecular weight excluding hydrogens is 162 g/mol. The Hall–Kier alpha value is -0.0800. The Morgan fingerprint density at radius 3 is 2.31 bits per heavy atom. The minimum absolute atomic E-state index is 0.00868. The van der Waals surface area contributed by atoms with Gasteiger partial charge in [0, 0.05) is 6.54 Å². The predicted octanol–water partition coefficient (Wildman–Crippen LogP) is 1.52. The summed E-state index contributed by atoms with van der Waals surface area (Å²) in [5, 5.41) is 10.7. The summed E-state index contributed by atoms with van der Waals surface area (Å²) in [6.45, 7) is 6.96. The largest absolute Gasteiger partial charge is 0.387 e. The number of hydrogen-bond acceptors (Lipinski definition) is 2. The number of fused-ring (bicyclic) bond motifs is 2. The Labute approximate surface area is 80.5 Å². The fraction of sp³-hybridized carbons (Fsp3) is 1.00. The monoisotopic (exact) mass is 183 g/mol. The summed E-state index contributed by atoms with van der Waals surface area (Å²) in [6.07, 6.45) is 3.58. The van der Waals surface area contributed by atoms with E-state index < -0.39 is 5.60 Å². The number of nitrogens with two attached hydrogens (primary N) is 1. The van der Waals surface area contributed by atoms with Crippen LogP contribution in [0.2, 0.25) is 0 Å². The van der Waals surface area contributed by atoms with Crippen molar-refractivity contribution in [1.82, 2.24) is 0 Å². The van der Waals surface area contributed by atoms with Gasteiger partial charge in [-0.15, -0.1) is 0 Å². The Bertz CT molecular complexity index is 231. The maximum absolute atomic E-state index is 10.7. The van der Waals surface area contributed by atoms with Gasteiger partial charge in [-0.05, 0) is 36.0 Å². The lowest BCUT2D eigenvalue weighted by Crippen LogP contribution is -2.58. The average molecular weight is 183 g/mol. The Kier molecular flexibility index (Phi) is 1.67. The van der Waals surface area contributed by atoms with Gasteiger partial charge in [-0.1, -0.05) is 20.8 Å². The lowest BCUT2D eigenvalue weighted by Gasteiger charge is -2.50. The van der Waals surface area contributed by atoms with Gasteiger partial charge in [-0.2, -0.15) is 0 Å². The van der Waals surface area contributed by atoms with E-state index in [1.807, 2.05) is 0 Å². The third kappa shape index (κ3) is 0.816. The fourth-order valence-corrected chi connectivity index (χ4v) is 3.86. The highest BCUT2D eigenvalue weighted by Crippen LogP contribution is 2.67. The summed E-state index contributed by atoms with van der Waals surface area (Å²) < 4.78 is 0. The summed E-state index contributed by atoms with van der Waals surface area (Å²) in [5.74, 6) is 0.672. The second-order valence-corrected chi connectivity index (χ2v) is 5.79. The minimum atomic E-state index is -0.636. The van der Waals surface area contributed by atoms with Gasteiger partial charge in [-0.3, -0.25) is 0 Å². The first-order valence-electron chi connectivity index (χ1n) is 5.30. The molecule has 0 amide bonds. The van der Waals surface area contributed by atoms with E-state index in [9.17, 15) is 5.11 Å². The highest BCUT2D eigenvalue weighted by atomic mass is 16.3. The van der Waals surface area contributed by atoms with Gasteiger partial charge in [0.05, 0.1) is 5.60 Å². The molecule has 2 heteroatoms. The van der Waals surface area contributed by atoms with Crippen molar-refractivity contribution in [2.75, 3.05) is 6.54 Å². The van der Waals surface area contributed by atoms with E-state index in [0.717, 1.165) is 12.8 Å². The van der Waals surface area contributed by atoms with Crippen LogP contribution in [0.3, 0.4) is 0 Å². The summed E-state index contributed by atoms with van der Waals surface area (Å²) in [4.78, 5) is 0. The highest BCUT2D eigenvalue weighted by Gasteiger charge is 2.67. The quantitative estimate of drug-likeness (QED) is 0.647. The molecule has 2 rings (SSSR count). The van der Waals surface area contributed by atoms with Crippen molar-refractivity contribution in [2.45, 2.75) is 45.6 Å². The number of aliphatic hydroxyl groups is 1. The molecule has 0 aliphatic heterocycles. The van der Waals surface area contributed by atoms with Crippen LogP contribution in [0.1, 0.15) is 40.0 Å². The molecule has 2 fully saturated rings. The standard InChI is InChI=1S/C11H21NO/c1-9(2)8-4-5-10(3,6-8)11(9,13)7-12/h8,13H,4-7,12H2,1-3H3/t8?,10-,11+/m1/s1. The van der Waals surface area contributed by atoms with Gasteiger partial charge < -0.3 is 10.8 Å². The zero-order chi connectivity index (χ0) is 9.91. The molecule has 3 N–H and O–H groups in total. The molecule has 3 atom stereocenters. The molecule has 2 aliphatic rings. The van der Waals surface area contributed by atoms with Crippen molar-refractivity contribution in [3.8, 4) is 0 Å². The topological polar surface area (TPSA) is 46.2 Å². The van der Waals surface area contributed by atoms with Gasteiger partial charge in [0.1, 0.15) is 0 Å². The second kappa shape index (κ2) is 2.29. The van der Waals surface area contributed by atoms with Gasteiger partial charge >= 0.3 is 0 Å². The van der Waals surface area contributed by atoms with Crippen molar-refractivity contribution in [3.05, 3.63) is 0 Å². The van der Waals surface area contributed by atoms with E-state index in [-0.39, 0.29) is 10.8 Å². The molecule has 0 radical (unpaired) electrons. The van der Waals surface area contributed by atoms with E-state index in [2.05, 4.69) is 20.8 Å². The summed E-state index contributed by atoms with van der Waals surface area (Å²) in [5.41, 5.74) is 5.22. The van der Waals surface area contributed by atoms with Crippen LogP contribution in [0.5, 0.6) is 0 Å². The Morgan fingerprint density at radius 2 is 2.00 bits per heavy atom. The Balaban J connectivity index is 2.45. The van der Waals surface area contributed by atoms with E-state index >= 15 is 0 Å². The molecule has 0 aromatic carbocycles. The predicted molar refractivity (Wildman–Crippen MR) is 53.2 cm³/mol. The van der Waals surface area contributed by atoms with Crippen LogP contribution in [-0.4, -0.2) is 17.3 Å². The zero-order valence-corrected chi connectivity index (χ0v) is 8.93. The van der Waals surface area contributed by atoms with Crippen LogP contribution in [0.25, 0.3) is 0 Å². The second-order valence-electron chi connectivity index (χ2n) is 5.79. The van der Waals surface area contributed by atoms with Crippen molar-refractivity contribution < 1.29 is 5.11 Å². The third-order valence-corrected chi connectivity index (χ3v) is 5.12. The lowest BCUT2D eigenvalue weighted by atomic mass is 9.60. The normalized spacial score (nSPS) is 52.8. The first-order chi connectivity index (χ1) is 5.87. The van der Waals surface area contributed by atoms with Crippen LogP contribution in [0.15, 0.2) is 0 Å². The molecule has 0 heterocycles. The van der Waals surface area contributed by atoms with Gasteiger partial charge in [0.25, 0.3) is 0 Å². The average Bonchev–Trinajstić information content (AvgIpc) is 2.51. The molecule has 0 aromatic heterocycles. The SMILES string of the molecule is CC1(C)C2CC[C@](C)(C2)[C@]1(O)CN. The van der Waals surface area contributed by atoms with Crippen molar-refractivity contribution >= 4 is 0 Å². The van der Waals surface area contributed by atoms with Gasteiger partial charge in [0.2, 0.25) is 0 Å². The molecule has 2 aliphatic carbocycles. The molecular formula is C11H21NO. The van der Waals surface area contributed by atoms with E-state index in [4.69, 9.17) is 5.73 Å². The molecule has 76 valence electrons. The highest BCUT2D eigenvalue weighted by molar-refractivity contribution is 5.18. The van der Waals surface area contributed by atoms with E-state index in [1.165, 1.54) is 6.42 Å². The zero-order valence-electron chi connectivity index (χ0n) is 8.93. The smallest absolute Gasteiger partial charge is 0.0875 e. The maximum Gasteiger partial charge on any atom is 0.0875 e. The van der Waals surface area contributed by atoms with Gasteiger partial charge in [-0.25, -0.2) is 0 Å². The first kappa shape index (κ1) is 9.47. The van der Waals surface area contributed by atoms with Crippen LogP contribution < -0.4 is 5.73 Å². The number of rotatable bonds is 1. The molecule has 1 unspecified atom stereocenters. The minimum Gasteiger partial charge on any atom is -0.387 e. The molecule has 2 nitrogen and oxygen atoms in total. The van der Waals surface area contributed by atoms with Gasteiger partial charge in [0.15, 0.2) is 0 Å². The molecule has 2 saturated carbocycles. The Morgan fingerprint density at radius 1 is 1.38 bits per heavy atom. The van der Waals surface area contributed by atoms with E-state index in [0.29, 0.717) is 12.5 Å². The third-order valence-electron chi connectivity index (χ3n) is 5.12. The fourth-order valence-electron chi connectivity index (χ4n) is 3.86.